The highest BCUT2D eigenvalue weighted by Gasteiger charge is 2.23. The number of benzene rings is 4. The van der Waals surface area contributed by atoms with Crippen LogP contribution >= 0.6 is 0 Å². The van der Waals surface area contributed by atoms with E-state index in [-0.39, 0.29) is 5.91 Å². The van der Waals surface area contributed by atoms with E-state index in [2.05, 4.69) is 15.3 Å². The van der Waals surface area contributed by atoms with Crippen LogP contribution in [-0.4, -0.2) is 35.1 Å². The van der Waals surface area contributed by atoms with Gasteiger partial charge in [-0.2, -0.15) is 0 Å². The van der Waals surface area contributed by atoms with Crippen molar-refractivity contribution < 1.29 is 19.1 Å². The van der Waals surface area contributed by atoms with Crippen molar-refractivity contribution in [3.63, 3.8) is 0 Å². The fraction of sp³-hybridized carbons (Fsp3) is 0.138. The molecule has 0 radical (unpaired) electrons. The van der Waals surface area contributed by atoms with Crippen LogP contribution in [-0.2, 0) is 9.53 Å². The lowest BCUT2D eigenvalue weighted by Gasteiger charge is -2.16. The summed E-state index contributed by atoms with van der Waals surface area (Å²) in [5, 5.41) is 4.96. The van der Waals surface area contributed by atoms with E-state index in [0.717, 1.165) is 27.6 Å². The highest BCUT2D eigenvalue weighted by atomic mass is 16.5. The molecule has 0 fully saturated rings. The van der Waals surface area contributed by atoms with Crippen LogP contribution in [0.5, 0.6) is 5.75 Å². The molecule has 5 aromatic rings. The van der Waals surface area contributed by atoms with E-state index in [0.29, 0.717) is 29.0 Å². The van der Waals surface area contributed by atoms with E-state index in [1.54, 1.807) is 32.2 Å². The average molecular weight is 480 g/mol. The summed E-state index contributed by atoms with van der Waals surface area (Å²) >= 11 is 0. The number of anilines is 1. The minimum Gasteiger partial charge on any atom is -0.497 e. The molecule has 0 bridgehead atoms. The van der Waals surface area contributed by atoms with E-state index >= 15 is 0 Å². The Morgan fingerprint density at radius 1 is 0.944 bits per heavy atom. The Morgan fingerprint density at radius 2 is 1.72 bits per heavy atom. The molecule has 7 nitrogen and oxygen atoms in total. The molecule has 1 aromatic heterocycles. The Hall–Kier alpha value is -4.65. The Bertz CT molecular complexity index is 1560. The maximum atomic E-state index is 12.9. The number of H-pyrrole nitrogens is 1. The lowest BCUT2D eigenvalue weighted by atomic mass is 10.1. The molecule has 7 heteroatoms. The zero-order valence-corrected chi connectivity index (χ0v) is 19.9. The summed E-state index contributed by atoms with van der Waals surface area (Å²) in [7, 11) is 1.62. The van der Waals surface area contributed by atoms with Gasteiger partial charge in [0.15, 0.2) is 6.10 Å². The maximum absolute atomic E-state index is 12.9. The first-order chi connectivity index (χ1) is 17.5. The highest BCUT2D eigenvalue weighted by Crippen LogP contribution is 2.24. The first-order valence-corrected chi connectivity index (χ1v) is 11.7. The van der Waals surface area contributed by atoms with E-state index < -0.39 is 12.1 Å². The standard InChI is InChI=1S/C29H25N3O4/c1-3-26(28(33)30-22-12-8-18-6-4-5-7-20(18)16-22)36-29(34)21-11-15-24-25(17-21)32-27(31-24)19-9-13-23(35-2)14-10-19/h4-17,26H,3H2,1-2H3,(H,30,33)(H,31,32). The number of amides is 1. The van der Waals surface area contributed by atoms with Crippen LogP contribution in [0.4, 0.5) is 5.69 Å². The summed E-state index contributed by atoms with van der Waals surface area (Å²) in [6.07, 6.45) is -0.574. The normalized spacial score (nSPS) is 11.8. The van der Waals surface area contributed by atoms with Gasteiger partial charge in [0, 0.05) is 11.3 Å². The van der Waals surface area contributed by atoms with Crippen molar-refractivity contribution in [2.24, 2.45) is 0 Å². The van der Waals surface area contributed by atoms with Crippen molar-refractivity contribution in [1.82, 2.24) is 9.97 Å². The molecule has 1 amide bonds. The molecular weight excluding hydrogens is 454 g/mol. The number of rotatable bonds is 7. The quantitative estimate of drug-likeness (QED) is 0.281. The molecule has 0 saturated carbocycles. The van der Waals surface area contributed by atoms with Crippen LogP contribution < -0.4 is 10.1 Å². The molecule has 180 valence electrons. The molecule has 1 unspecified atom stereocenters. The second kappa shape index (κ2) is 9.92. The van der Waals surface area contributed by atoms with E-state index in [1.165, 1.54) is 0 Å². The van der Waals surface area contributed by atoms with Crippen LogP contribution in [0.1, 0.15) is 23.7 Å². The summed E-state index contributed by atoms with van der Waals surface area (Å²) in [6, 6.07) is 26.2. The monoisotopic (exact) mass is 479 g/mol. The number of hydrogen-bond acceptors (Lipinski definition) is 5. The molecule has 4 aromatic carbocycles. The highest BCUT2D eigenvalue weighted by molar-refractivity contribution is 6.00. The van der Waals surface area contributed by atoms with Gasteiger partial charge in [0.05, 0.1) is 23.7 Å². The number of methoxy groups -OCH3 is 1. The molecule has 5 rings (SSSR count). The van der Waals surface area contributed by atoms with E-state index in [9.17, 15) is 9.59 Å². The van der Waals surface area contributed by atoms with Gasteiger partial charge in [-0.05, 0) is 71.8 Å². The summed E-state index contributed by atoms with van der Waals surface area (Å²) in [4.78, 5) is 33.6. The van der Waals surface area contributed by atoms with Gasteiger partial charge in [-0.3, -0.25) is 4.79 Å². The number of carbonyl (C=O) groups excluding carboxylic acids is 2. The first kappa shape index (κ1) is 23.1. The first-order valence-electron chi connectivity index (χ1n) is 11.7. The second-order valence-corrected chi connectivity index (χ2v) is 8.40. The van der Waals surface area contributed by atoms with Crippen molar-refractivity contribution in [3.8, 4) is 17.1 Å². The van der Waals surface area contributed by atoms with Crippen LogP contribution in [0.15, 0.2) is 84.9 Å². The van der Waals surface area contributed by atoms with E-state index in [4.69, 9.17) is 9.47 Å². The molecule has 36 heavy (non-hydrogen) atoms. The second-order valence-electron chi connectivity index (χ2n) is 8.40. The number of esters is 1. The number of ether oxygens (including phenoxy) is 2. The minimum absolute atomic E-state index is 0.337. The Balaban J connectivity index is 1.30. The molecule has 0 aliphatic rings. The fourth-order valence-electron chi connectivity index (χ4n) is 4.03. The van der Waals surface area contributed by atoms with Crippen molar-refractivity contribution in [3.05, 3.63) is 90.5 Å². The zero-order chi connectivity index (χ0) is 25.1. The Morgan fingerprint density at radius 3 is 2.47 bits per heavy atom. The number of aromatic amines is 1. The molecule has 0 aliphatic heterocycles. The van der Waals surface area contributed by atoms with Crippen LogP contribution in [0.25, 0.3) is 33.2 Å². The average Bonchev–Trinajstić information content (AvgIpc) is 3.35. The molecule has 0 saturated heterocycles. The van der Waals surface area contributed by atoms with Gasteiger partial charge in [0.25, 0.3) is 5.91 Å². The molecule has 0 spiro atoms. The van der Waals surface area contributed by atoms with Gasteiger partial charge in [-0.15, -0.1) is 0 Å². The lowest BCUT2D eigenvalue weighted by molar-refractivity contribution is -0.124. The third-order valence-electron chi connectivity index (χ3n) is 6.01. The maximum Gasteiger partial charge on any atom is 0.338 e. The molecule has 1 heterocycles. The van der Waals surface area contributed by atoms with Crippen molar-refractivity contribution in [2.45, 2.75) is 19.4 Å². The Labute approximate surface area is 208 Å². The number of nitrogens with zero attached hydrogens (tertiary/aromatic N) is 1. The molecule has 1 atom stereocenters. The number of aromatic nitrogens is 2. The van der Waals surface area contributed by atoms with Crippen molar-refractivity contribution in [1.29, 1.82) is 0 Å². The molecular formula is C29H25N3O4. The van der Waals surface area contributed by atoms with Gasteiger partial charge in [0.2, 0.25) is 0 Å². The van der Waals surface area contributed by atoms with Gasteiger partial charge in [-0.1, -0.05) is 37.3 Å². The van der Waals surface area contributed by atoms with Gasteiger partial charge < -0.3 is 19.8 Å². The van der Waals surface area contributed by atoms with Gasteiger partial charge in [0.1, 0.15) is 11.6 Å². The summed E-state index contributed by atoms with van der Waals surface area (Å²) in [5.41, 5.74) is 3.30. The minimum atomic E-state index is -0.920. The SMILES string of the molecule is CCC(OC(=O)c1ccc2nc(-c3ccc(OC)cc3)[nH]c2c1)C(=O)Nc1ccc2ccccc2c1. The number of fused-ring (bicyclic) bond motifs is 2. The largest absolute Gasteiger partial charge is 0.497 e. The number of imidazole rings is 1. The van der Waals surface area contributed by atoms with Crippen LogP contribution in [0.3, 0.4) is 0 Å². The zero-order valence-electron chi connectivity index (χ0n) is 19.9. The predicted molar refractivity (Wildman–Crippen MR) is 140 cm³/mol. The third kappa shape index (κ3) is 4.77. The topological polar surface area (TPSA) is 93.3 Å². The predicted octanol–water partition coefficient (Wildman–Crippen LogP) is 5.97. The lowest BCUT2D eigenvalue weighted by Crippen LogP contribution is -2.32. The number of hydrogen-bond donors (Lipinski definition) is 2. The van der Waals surface area contributed by atoms with Crippen molar-refractivity contribution >= 4 is 39.4 Å². The molecule has 2 N–H and O–H groups in total. The summed E-state index contributed by atoms with van der Waals surface area (Å²) in [6.45, 7) is 1.80. The number of carbonyl (C=O) groups is 2. The van der Waals surface area contributed by atoms with Gasteiger partial charge in [-0.25, -0.2) is 9.78 Å². The Kier molecular flexibility index (Phi) is 6.36. The van der Waals surface area contributed by atoms with E-state index in [1.807, 2.05) is 66.7 Å². The third-order valence-corrected chi connectivity index (χ3v) is 6.01. The smallest absolute Gasteiger partial charge is 0.338 e. The van der Waals surface area contributed by atoms with Crippen LogP contribution in [0.2, 0.25) is 0 Å². The van der Waals surface area contributed by atoms with Gasteiger partial charge >= 0.3 is 5.97 Å². The van der Waals surface area contributed by atoms with Crippen LogP contribution in [0, 0.1) is 0 Å². The number of nitrogens with one attached hydrogen (secondary N) is 2. The van der Waals surface area contributed by atoms with Crippen molar-refractivity contribution in [2.75, 3.05) is 12.4 Å². The summed E-state index contributed by atoms with van der Waals surface area (Å²) < 4.78 is 10.8. The molecule has 0 aliphatic carbocycles. The fourth-order valence-corrected chi connectivity index (χ4v) is 4.03. The summed E-state index contributed by atoms with van der Waals surface area (Å²) in [5.74, 6) is 0.498.